The Balaban J connectivity index is 2.16. The Morgan fingerprint density at radius 2 is 1.93 bits per heavy atom. The lowest BCUT2D eigenvalue weighted by molar-refractivity contribution is -0.126. The first kappa shape index (κ1) is 33.1. The third kappa shape index (κ3) is 10.8. The fraction of sp³-hybridized carbons (Fsp3) is 0.455. The number of aryl methyl sites for hydroxylation is 1. The Hall–Kier alpha value is -3.09. The number of Topliss-reactive ketones (excluding diaryl/α,β-unsaturated/α-hetero) is 1. The van der Waals surface area contributed by atoms with Crippen LogP contribution < -0.4 is 5.32 Å². The van der Waals surface area contributed by atoms with Gasteiger partial charge in [0.1, 0.15) is 6.29 Å². The number of aromatic nitrogens is 1. The highest BCUT2D eigenvalue weighted by molar-refractivity contribution is 6.33. The van der Waals surface area contributed by atoms with Gasteiger partial charge in [-0.1, -0.05) is 55.8 Å². The number of ketones is 1. The summed E-state index contributed by atoms with van der Waals surface area (Å²) in [5.74, 6) is 0.144. The van der Waals surface area contributed by atoms with Gasteiger partial charge in [-0.05, 0) is 88.4 Å². The van der Waals surface area contributed by atoms with Crippen molar-refractivity contribution in [3.8, 4) is 11.1 Å². The van der Waals surface area contributed by atoms with Gasteiger partial charge in [-0.2, -0.15) is 0 Å². The minimum Gasteiger partial charge on any atom is -0.349 e. The summed E-state index contributed by atoms with van der Waals surface area (Å²) >= 11 is 6.48. The number of halogens is 1. The standard InChI is InChI=1S/C33H44ClN3O3/c1-23(2)19-27(13-9-7-8-12-26(25(4)39)15-17-37(5)6)33(40)36-31(16-18-38)28-20-29(22-35-21-28)32-24(3)11-10-14-30(32)34/h7-8,10-12,14,18,20-23,27,31H,9,13,15-17,19H2,1-6H3,(H,36,40)/b8-7-,26-12-/t27-,31-/m0/s1. The number of carbonyl (C=O) groups is 3. The lowest BCUT2D eigenvalue weighted by Crippen LogP contribution is -2.35. The van der Waals surface area contributed by atoms with Gasteiger partial charge in [0.2, 0.25) is 5.91 Å². The van der Waals surface area contributed by atoms with E-state index in [4.69, 9.17) is 11.6 Å². The van der Waals surface area contributed by atoms with Crippen molar-refractivity contribution < 1.29 is 14.4 Å². The van der Waals surface area contributed by atoms with Gasteiger partial charge in [0.25, 0.3) is 0 Å². The van der Waals surface area contributed by atoms with Crippen molar-refractivity contribution in [1.82, 2.24) is 15.2 Å². The molecule has 0 spiro atoms. The van der Waals surface area contributed by atoms with Crippen LogP contribution in [0.1, 0.15) is 70.0 Å². The Labute approximate surface area is 244 Å². The Kier molecular flexibility index (Phi) is 14.0. The molecule has 1 aromatic heterocycles. The van der Waals surface area contributed by atoms with E-state index in [1.165, 1.54) is 0 Å². The maximum Gasteiger partial charge on any atom is 0.223 e. The van der Waals surface area contributed by atoms with E-state index >= 15 is 0 Å². The highest BCUT2D eigenvalue weighted by atomic mass is 35.5. The number of allylic oxidation sites excluding steroid dienone is 3. The SMILES string of the molecule is CC(=O)/C(=C\C=C/CC[C@@H](CC(C)C)C(=O)N[C@@H](CC=O)c1cncc(-c2c(C)cccc2Cl)c1)CCN(C)C. The van der Waals surface area contributed by atoms with Gasteiger partial charge >= 0.3 is 0 Å². The molecule has 0 aliphatic carbocycles. The molecule has 1 N–H and O–H groups in total. The molecule has 0 saturated carbocycles. The number of hydrogen-bond donors (Lipinski definition) is 1. The second kappa shape index (κ2) is 16.9. The molecule has 1 amide bonds. The molecule has 1 heterocycles. The van der Waals surface area contributed by atoms with E-state index in [0.29, 0.717) is 30.2 Å². The summed E-state index contributed by atoms with van der Waals surface area (Å²) in [6.07, 6.45) is 13.1. The molecular formula is C33H44ClN3O3. The number of carbonyl (C=O) groups excluding carboxylic acids is 3. The lowest BCUT2D eigenvalue weighted by Gasteiger charge is -2.23. The van der Waals surface area contributed by atoms with Gasteiger partial charge in [-0.25, -0.2) is 0 Å². The zero-order valence-corrected chi connectivity index (χ0v) is 25.5. The van der Waals surface area contributed by atoms with Crippen molar-refractivity contribution in [3.63, 3.8) is 0 Å². The number of benzene rings is 1. The van der Waals surface area contributed by atoms with Crippen LogP contribution in [0.5, 0.6) is 0 Å². The fourth-order valence-corrected chi connectivity index (χ4v) is 5.00. The van der Waals surface area contributed by atoms with Crippen molar-refractivity contribution in [2.24, 2.45) is 11.8 Å². The van der Waals surface area contributed by atoms with Crippen LogP contribution in [0.15, 0.2) is 60.5 Å². The number of nitrogens with one attached hydrogen (secondary N) is 1. The first-order valence-corrected chi connectivity index (χ1v) is 14.4. The molecule has 6 nitrogen and oxygen atoms in total. The zero-order valence-electron chi connectivity index (χ0n) is 24.7. The van der Waals surface area contributed by atoms with E-state index in [1.54, 1.807) is 19.3 Å². The monoisotopic (exact) mass is 565 g/mol. The smallest absolute Gasteiger partial charge is 0.223 e. The fourth-order valence-electron chi connectivity index (χ4n) is 4.67. The Morgan fingerprint density at radius 1 is 1.18 bits per heavy atom. The first-order chi connectivity index (χ1) is 19.0. The van der Waals surface area contributed by atoms with Crippen molar-refractivity contribution in [2.75, 3.05) is 20.6 Å². The average molecular weight is 566 g/mol. The topological polar surface area (TPSA) is 79.4 Å². The molecule has 0 bridgehead atoms. The van der Waals surface area contributed by atoms with E-state index < -0.39 is 6.04 Å². The van der Waals surface area contributed by atoms with Crippen molar-refractivity contribution >= 4 is 29.6 Å². The molecule has 0 aliphatic heterocycles. The highest BCUT2D eigenvalue weighted by Crippen LogP contribution is 2.32. The molecule has 0 fully saturated rings. The third-order valence-corrected chi connectivity index (χ3v) is 7.16. The summed E-state index contributed by atoms with van der Waals surface area (Å²) in [5.41, 5.74) is 4.32. The zero-order chi connectivity index (χ0) is 29.7. The van der Waals surface area contributed by atoms with Gasteiger partial charge in [-0.3, -0.25) is 14.6 Å². The maximum atomic E-state index is 13.5. The number of pyridine rings is 1. The quantitative estimate of drug-likeness (QED) is 0.136. The summed E-state index contributed by atoms with van der Waals surface area (Å²) in [6, 6.07) is 7.20. The normalized spacial score (nSPS) is 13.6. The van der Waals surface area contributed by atoms with Crippen molar-refractivity contribution in [1.29, 1.82) is 0 Å². The minimum atomic E-state index is -0.483. The van der Waals surface area contributed by atoms with Crippen LogP contribution in [0.4, 0.5) is 0 Å². The number of nitrogens with zero attached hydrogens (tertiary/aromatic N) is 2. The van der Waals surface area contributed by atoms with Crippen LogP contribution in [0.3, 0.4) is 0 Å². The molecule has 7 heteroatoms. The van der Waals surface area contributed by atoms with Crippen molar-refractivity contribution in [2.45, 2.75) is 65.8 Å². The molecular weight excluding hydrogens is 522 g/mol. The van der Waals surface area contributed by atoms with Crippen LogP contribution in [-0.4, -0.2) is 48.5 Å². The summed E-state index contributed by atoms with van der Waals surface area (Å²) in [4.78, 5) is 43.4. The van der Waals surface area contributed by atoms with E-state index in [9.17, 15) is 14.4 Å². The minimum absolute atomic E-state index is 0.0702. The number of amides is 1. The second-order valence-electron chi connectivity index (χ2n) is 11.0. The Morgan fingerprint density at radius 3 is 2.55 bits per heavy atom. The van der Waals surface area contributed by atoms with Gasteiger partial charge in [0.15, 0.2) is 5.78 Å². The molecule has 2 rings (SSSR count). The molecule has 1 aromatic carbocycles. The average Bonchev–Trinajstić information content (AvgIpc) is 2.88. The van der Waals surface area contributed by atoms with Crippen LogP contribution in [0, 0.1) is 18.8 Å². The first-order valence-electron chi connectivity index (χ1n) is 14.0. The summed E-state index contributed by atoms with van der Waals surface area (Å²) in [7, 11) is 3.97. The summed E-state index contributed by atoms with van der Waals surface area (Å²) in [5, 5.41) is 3.75. The second-order valence-corrected chi connectivity index (χ2v) is 11.4. The van der Waals surface area contributed by atoms with Crippen molar-refractivity contribution in [3.05, 3.63) is 76.6 Å². The maximum absolute atomic E-state index is 13.5. The molecule has 2 aromatic rings. The van der Waals surface area contributed by atoms with E-state index in [-0.39, 0.29) is 24.0 Å². The summed E-state index contributed by atoms with van der Waals surface area (Å²) in [6.45, 7) is 8.60. The largest absolute Gasteiger partial charge is 0.349 e. The number of rotatable bonds is 16. The van der Waals surface area contributed by atoms with Crippen LogP contribution in [-0.2, 0) is 14.4 Å². The van der Waals surface area contributed by atoms with Gasteiger partial charge in [0, 0.05) is 47.4 Å². The van der Waals surface area contributed by atoms with Crippen LogP contribution in [0.25, 0.3) is 11.1 Å². The molecule has 40 heavy (non-hydrogen) atoms. The van der Waals surface area contributed by atoms with Gasteiger partial charge in [0.05, 0.1) is 6.04 Å². The van der Waals surface area contributed by atoms with Crippen LogP contribution in [0.2, 0.25) is 5.02 Å². The van der Waals surface area contributed by atoms with E-state index in [2.05, 4.69) is 29.0 Å². The number of hydrogen-bond acceptors (Lipinski definition) is 5. The van der Waals surface area contributed by atoms with Crippen LogP contribution >= 0.6 is 11.6 Å². The summed E-state index contributed by atoms with van der Waals surface area (Å²) < 4.78 is 0. The Bertz CT molecular complexity index is 1180. The molecule has 0 aliphatic rings. The number of aldehydes is 1. The predicted octanol–water partition coefficient (Wildman–Crippen LogP) is 6.92. The van der Waals surface area contributed by atoms with Gasteiger partial charge in [-0.15, -0.1) is 0 Å². The van der Waals surface area contributed by atoms with E-state index in [0.717, 1.165) is 47.1 Å². The molecule has 2 atom stereocenters. The predicted molar refractivity (Wildman–Crippen MR) is 164 cm³/mol. The molecule has 0 radical (unpaired) electrons. The molecule has 216 valence electrons. The third-order valence-electron chi connectivity index (χ3n) is 6.84. The lowest BCUT2D eigenvalue weighted by atomic mass is 9.91. The van der Waals surface area contributed by atoms with E-state index in [1.807, 2.05) is 63.5 Å². The van der Waals surface area contributed by atoms with Gasteiger partial charge < -0.3 is 15.0 Å². The molecule has 0 unspecified atom stereocenters. The highest BCUT2D eigenvalue weighted by Gasteiger charge is 2.23. The molecule has 0 saturated heterocycles.